The first-order valence-electron chi connectivity index (χ1n) is 4.66. The van der Waals surface area contributed by atoms with Gasteiger partial charge in [0.25, 0.3) is 0 Å². The van der Waals surface area contributed by atoms with Crippen LogP contribution in [0.25, 0.3) is 0 Å². The summed E-state index contributed by atoms with van der Waals surface area (Å²) in [4.78, 5) is 0. The summed E-state index contributed by atoms with van der Waals surface area (Å²) in [6, 6.07) is 19.3. The molecule has 0 aliphatic carbocycles. The lowest BCUT2D eigenvalue weighted by Crippen LogP contribution is -1.98. The number of aliphatic hydroxyl groups excluding tert-OH is 1. The van der Waals surface area contributed by atoms with Gasteiger partial charge in [0.05, 0.1) is 0 Å². The van der Waals surface area contributed by atoms with Gasteiger partial charge in [-0.15, -0.1) is 12.4 Å². The second-order valence-corrected chi connectivity index (χ2v) is 3.22. The van der Waals surface area contributed by atoms with Crippen molar-refractivity contribution in [3.63, 3.8) is 0 Å². The van der Waals surface area contributed by atoms with Crippen molar-refractivity contribution in [2.45, 2.75) is 6.10 Å². The predicted molar refractivity (Wildman–Crippen MR) is 64.2 cm³/mol. The van der Waals surface area contributed by atoms with E-state index in [4.69, 9.17) is 0 Å². The van der Waals surface area contributed by atoms with Crippen LogP contribution in [0.2, 0.25) is 0 Å². The number of aliphatic hydroxyl groups is 1. The molecule has 15 heavy (non-hydrogen) atoms. The average molecular weight is 221 g/mol. The Kier molecular flexibility index (Phi) is 4.35. The predicted octanol–water partition coefficient (Wildman–Crippen LogP) is 3.19. The Labute approximate surface area is 95.8 Å². The fraction of sp³-hybridized carbons (Fsp3) is 0.0769. The SMILES string of the molecule is Cl.OC(c1ccccc1)c1ccccc1. The van der Waals surface area contributed by atoms with Crippen molar-refractivity contribution >= 4 is 12.4 Å². The maximum Gasteiger partial charge on any atom is 0.104 e. The van der Waals surface area contributed by atoms with Crippen LogP contribution in [0.3, 0.4) is 0 Å². The summed E-state index contributed by atoms with van der Waals surface area (Å²) in [6.07, 6.45) is -0.516. The molecule has 0 unspecified atom stereocenters. The van der Waals surface area contributed by atoms with Crippen LogP contribution < -0.4 is 0 Å². The van der Waals surface area contributed by atoms with Gasteiger partial charge in [0.2, 0.25) is 0 Å². The first kappa shape index (κ1) is 11.8. The van der Waals surface area contributed by atoms with Crippen LogP contribution in [0.5, 0.6) is 0 Å². The Morgan fingerprint density at radius 3 is 1.33 bits per heavy atom. The minimum Gasteiger partial charge on any atom is -0.384 e. The van der Waals surface area contributed by atoms with Crippen molar-refractivity contribution in [2.75, 3.05) is 0 Å². The van der Waals surface area contributed by atoms with Crippen molar-refractivity contribution in [3.8, 4) is 0 Å². The Bertz CT molecular complexity index is 346. The van der Waals surface area contributed by atoms with Gasteiger partial charge in [-0.3, -0.25) is 0 Å². The second-order valence-electron chi connectivity index (χ2n) is 3.22. The molecule has 1 N–H and O–H groups in total. The van der Waals surface area contributed by atoms with Gasteiger partial charge in [0.1, 0.15) is 6.10 Å². The van der Waals surface area contributed by atoms with Gasteiger partial charge < -0.3 is 5.11 Å². The fourth-order valence-corrected chi connectivity index (χ4v) is 1.46. The van der Waals surface area contributed by atoms with Gasteiger partial charge in [-0.05, 0) is 11.1 Å². The van der Waals surface area contributed by atoms with Crippen molar-refractivity contribution in [1.29, 1.82) is 0 Å². The van der Waals surface area contributed by atoms with Crippen molar-refractivity contribution in [1.82, 2.24) is 0 Å². The molecule has 1 nitrogen and oxygen atoms in total. The molecule has 0 fully saturated rings. The van der Waals surface area contributed by atoms with Crippen LogP contribution in [0.15, 0.2) is 60.7 Å². The van der Waals surface area contributed by atoms with Crippen molar-refractivity contribution < 1.29 is 5.11 Å². The van der Waals surface area contributed by atoms with Gasteiger partial charge in [0.15, 0.2) is 0 Å². The third-order valence-electron chi connectivity index (χ3n) is 2.23. The van der Waals surface area contributed by atoms with Gasteiger partial charge in [0, 0.05) is 0 Å². The van der Waals surface area contributed by atoms with E-state index in [1.54, 1.807) is 0 Å². The van der Waals surface area contributed by atoms with Gasteiger partial charge in [-0.1, -0.05) is 60.7 Å². The highest BCUT2D eigenvalue weighted by atomic mass is 35.5. The lowest BCUT2D eigenvalue weighted by atomic mass is 10.0. The van der Waals surface area contributed by atoms with E-state index in [0.29, 0.717) is 0 Å². The molecule has 0 saturated heterocycles. The average Bonchev–Trinajstić information content (AvgIpc) is 2.30. The summed E-state index contributed by atoms with van der Waals surface area (Å²) in [7, 11) is 0. The maximum atomic E-state index is 9.99. The molecule has 2 aromatic rings. The molecule has 2 aromatic carbocycles. The third-order valence-corrected chi connectivity index (χ3v) is 2.23. The number of hydrogen-bond acceptors (Lipinski definition) is 1. The topological polar surface area (TPSA) is 20.2 Å². The van der Waals surface area contributed by atoms with E-state index in [-0.39, 0.29) is 12.4 Å². The minimum absolute atomic E-state index is 0. The molecule has 0 aliphatic rings. The number of halogens is 1. The molecule has 0 spiro atoms. The van der Waals surface area contributed by atoms with E-state index in [2.05, 4.69) is 0 Å². The van der Waals surface area contributed by atoms with E-state index in [1.807, 2.05) is 60.7 Å². The Balaban J connectivity index is 0.00000112. The maximum absolute atomic E-state index is 9.99. The number of hydrogen-bond donors (Lipinski definition) is 1. The lowest BCUT2D eigenvalue weighted by Gasteiger charge is -2.10. The van der Waals surface area contributed by atoms with Crippen molar-refractivity contribution in [3.05, 3.63) is 71.8 Å². The van der Waals surface area contributed by atoms with Crippen LogP contribution in [-0.4, -0.2) is 5.11 Å². The highest BCUT2D eigenvalue weighted by molar-refractivity contribution is 5.85. The van der Waals surface area contributed by atoms with Crippen LogP contribution in [0.4, 0.5) is 0 Å². The monoisotopic (exact) mass is 220 g/mol. The Morgan fingerprint density at radius 1 is 0.667 bits per heavy atom. The zero-order chi connectivity index (χ0) is 9.80. The van der Waals surface area contributed by atoms with Gasteiger partial charge in [-0.2, -0.15) is 0 Å². The molecule has 0 heterocycles. The van der Waals surface area contributed by atoms with Crippen LogP contribution in [0, 0.1) is 0 Å². The normalized spacial score (nSPS) is 9.73. The van der Waals surface area contributed by atoms with E-state index >= 15 is 0 Å². The molecule has 2 heteroatoms. The zero-order valence-corrected chi connectivity index (χ0v) is 9.02. The first-order chi connectivity index (χ1) is 6.88. The smallest absolute Gasteiger partial charge is 0.104 e. The summed E-state index contributed by atoms with van der Waals surface area (Å²) in [5.41, 5.74) is 1.86. The molecule has 0 atom stereocenters. The molecule has 0 bridgehead atoms. The summed E-state index contributed by atoms with van der Waals surface area (Å²) in [6.45, 7) is 0. The van der Waals surface area contributed by atoms with E-state index in [9.17, 15) is 5.11 Å². The van der Waals surface area contributed by atoms with E-state index in [1.165, 1.54) is 0 Å². The quantitative estimate of drug-likeness (QED) is 0.824. The molecule has 0 amide bonds. The Hall–Kier alpha value is -1.31. The summed E-state index contributed by atoms with van der Waals surface area (Å²) < 4.78 is 0. The zero-order valence-electron chi connectivity index (χ0n) is 8.21. The van der Waals surface area contributed by atoms with Gasteiger partial charge >= 0.3 is 0 Å². The molecule has 0 aliphatic heterocycles. The van der Waals surface area contributed by atoms with E-state index in [0.717, 1.165) is 11.1 Å². The standard InChI is InChI=1S/C13H12O.ClH/c14-13(11-7-3-1-4-8-11)12-9-5-2-6-10-12;/h1-10,13-14H;1H. The fourth-order valence-electron chi connectivity index (χ4n) is 1.46. The molecule has 0 saturated carbocycles. The third kappa shape index (κ3) is 2.82. The highest BCUT2D eigenvalue weighted by Gasteiger charge is 2.07. The molecular formula is C13H13ClO. The number of rotatable bonds is 2. The molecule has 2 rings (SSSR count). The molecule has 78 valence electrons. The highest BCUT2D eigenvalue weighted by Crippen LogP contribution is 2.20. The van der Waals surface area contributed by atoms with Crippen LogP contribution in [-0.2, 0) is 0 Å². The summed E-state index contributed by atoms with van der Waals surface area (Å²) in [5.74, 6) is 0. The van der Waals surface area contributed by atoms with Crippen LogP contribution >= 0.6 is 12.4 Å². The summed E-state index contributed by atoms with van der Waals surface area (Å²) >= 11 is 0. The Morgan fingerprint density at radius 2 is 1.00 bits per heavy atom. The van der Waals surface area contributed by atoms with Gasteiger partial charge in [-0.25, -0.2) is 0 Å². The number of benzene rings is 2. The molecular weight excluding hydrogens is 208 g/mol. The van der Waals surface area contributed by atoms with Crippen molar-refractivity contribution in [2.24, 2.45) is 0 Å². The minimum atomic E-state index is -0.516. The van der Waals surface area contributed by atoms with Crippen LogP contribution in [0.1, 0.15) is 17.2 Å². The second kappa shape index (κ2) is 5.54. The molecule has 0 radical (unpaired) electrons. The molecule has 0 aromatic heterocycles. The van der Waals surface area contributed by atoms with E-state index < -0.39 is 6.10 Å². The summed E-state index contributed by atoms with van der Waals surface area (Å²) in [5, 5.41) is 9.99. The largest absolute Gasteiger partial charge is 0.384 e. The first-order valence-corrected chi connectivity index (χ1v) is 4.66. The lowest BCUT2D eigenvalue weighted by molar-refractivity contribution is 0.220.